The zero-order valence-corrected chi connectivity index (χ0v) is 9.54. The number of carboxylic acids is 1. The first-order valence-corrected chi connectivity index (χ1v) is 5.18. The molecule has 0 bridgehead atoms. The number of aromatic nitrogens is 3. The number of terminal acetylenes is 1. The van der Waals surface area contributed by atoms with Crippen molar-refractivity contribution in [2.24, 2.45) is 0 Å². The van der Waals surface area contributed by atoms with Crippen LogP contribution in [0.3, 0.4) is 0 Å². The van der Waals surface area contributed by atoms with Crippen molar-refractivity contribution in [2.75, 3.05) is 6.54 Å². The molecule has 0 aliphatic heterocycles. The molecule has 1 atom stereocenters. The first-order chi connectivity index (χ1) is 8.63. The summed E-state index contributed by atoms with van der Waals surface area (Å²) in [5.41, 5.74) is 0. The molecule has 2 amide bonds. The summed E-state index contributed by atoms with van der Waals surface area (Å²) >= 11 is 0. The molecular formula is C10H13N5O3. The zero-order chi connectivity index (χ0) is 13.4. The lowest BCUT2D eigenvalue weighted by atomic mass is 10.2. The molecule has 1 heterocycles. The van der Waals surface area contributed by atoms with Crippen molar-refractivity contribution in [3.8, 4) is 12.3 Å². The maximum Gasteiger partial charge on any atom is 0.327 e. The van der Waals surface area contributed by atoms with E-state index < -0.39 is 18.0 Å². The van der Waals surface area contributed by atoms with Gasteiger partial charge in [-0.2, -0.15) is 0 Å². The van der Waals surface area contributed by atoms with Crippen LogP contribution in [0.25, 0.3) is 0 Å². The van der Waals surface area contributed by atoms with Crippen molar-refractivity contribution >= 4 is 12.0 Å². The average Bonchev–Trinajstić information content (AvgIpc) is 2.81. The van der Waals surface area contributed by atoms with Gasteiger partial charge in [-0.1, -0.05) is 5.21 Å². The summed E-state index contributed by atoms with van der Waals surface area (Å²) in [4.78, 5) is 22.1. The molecule has 3 N–H and O–H groups in total. The summed E-state index contributed by atoms with van der Waals surface area (Å²) in [6, 6.07) is -1.67. The number of carbonyl (C=O) groups excluding carboxylic acids is 1. The molecule has 0 spiro atoms. The van der Waals surface area contributed by atoms with E-state index in [0.29, 0.717) is 13.1 Å². The van der Waals surface area contributed by atoms with E-state index in [2.05, 4.69) is 26.9 Å². The number of nitrogens with zero attached hydrogens (tertiary/aromatic N) is 3. The molecule has 1 aromatic heterocycles. The van der Waals surface area contributed by atoms with E-state index in [-0.39, 0.29) is 6.42 Å². The van der Waals surface area contributed by atoms with Gasteiger partial charge < -0.3 is 15.7 Å². The van der Waals surface area contributed by atoms with Gasteiger partial charge in [0, 0.05) is 19.2 Å². The molecule has 1 rings (SSSR count). The highest BCUT2D eigenvalue weighted by atomic mass is 16.4. The van der Waals surface area contributed by atoms with Gasteiger partial charge in [-0.25, -0.2) is 9.59 Å². The predicted molar refractivity (Wildman–Crippen MR) is 61.4 cm³/mol. The van der Waals surface area contributed by atoms with Gasteiger partial charge in [-0.15, -0.1) is 17.4 Å². The molecule has 1 unspecified atom stereocenters. The topological polar surface area (TPSA) is 109 Å². The fourth-order valence-electron chi connectivity index (χ4n) is 1.16. The quantitative estimate of drug-likeness (QED) is 0.565. The Bertz CT molecular complexity index is 437. The molecule has 8 heteroatoms. The Kier molecular flexibility index (Phi) is 5.18. The highest BCUT2D eigenvalue weighted by molar-refractivity contribution is 5.82. The van der Waals surface area contributed by atoms with Crippen LogP contribution in [0.2, 0.25) is 0 Å². The van der Waals surface area contributed by atoms with Crippen LogP contribution >= 0.6 is 0 Å². The maximum absolute atomic E-state index is 11.4. The Hall–Kier alpha value is -2.56. The molecule has 0 saturated carbocycles. The molecule has 0 fully saturated rings. The largest absolute Gasteiger partial charge is 0.480 e. The van der Waals surface area contributed by atoms with Gasteiger partial charge in [0.2, 0.25) is 0 Å². The second kappa shape index (κ2) is 6.90. The summed E-state index contributed by atoms with van der Waals surface area (Å²) in [6.07, 6.45) is 8.11. The number of amides is 2. The van der Waals surface area contributed by atoms with Gasteiger partial charge in [0.1, 0.15) is 6.04 Å². The van der Waals surface area contributed by atoms with Crippen molar-refractivity contribution in [2.45, 2.75) is 19.0 Å². The van der Waals surface area contributed by atoms with Crippen LogP contribution in [0.4, 0.5) is 4.79 Å². The van der Waals surface area contributed by atoms with Gasteiger partial charge in [0.15, 0.2) is 0 Å². The van der Waals surface area contributed by atoms with Crippen LogP contribution in [-0.4, -0.2) is 44.7 Å². The summed E-state index contributed by atoms with van der Waals surface area (Å²) in [6.45, 7) is 0.748. The molecule has 8 nitrogen and oxygen atoms in total. The number of hydrogen-bond donors (Lipinski definition) is 3. The standard InChI is InChI=1S/C10H13N5O3/c1-2-3-8(9(16)17)13-10(18)11-4-6-15-7-5-12-14-15/h1,5,7-8H,3-4,6H2,(H,16,17)(H2,11,13,18). The Labute approximate surface area is 103 Å². The smallest absolute Gasteiger partial charge is 0.327 e. The Morgan fingerprint density at radius 1 is 1.56 bits per heavy atom. The minimum Gasteiger partial charge on any atom is -0.480 e. The second-order valence-electron chi connectivity index (χ2n) is 3.37. The molecule has 0 saturated heterocycles. The van der Waals surface area contributed by atoms with Crippen LogP contribution in [-0.2, 0) is 11.3 Å². The SMILES string of the molecule is C#CCC(NC(=O)NCCn1ccnn1)C(=O)O. The lowest BCUT2D eigenvalue weighted by molar-refractivity contribution is -0.139. The van der Waals surface area contributed by atoms with Crippen molar-refractivity contribution in [1.82, 2.24) is 25.6 Å². The molecule has 0 aromatic carbocycles. The van der Waals surface area contributed by atoms with Crippen LogP contribution in [0.1, 0.15) is 6.42 Å². The highest BCUT2D eigenvalue weighted by Crippen LogP contribution is 1.90. The van der Waals surface area contributed by atoms with E-state index >= 15 is 0 Å². The van der Waals surface area contributed by atoms with Gasteiger partial charge in [-0.3, -0.25) is 4.68 Å². The normalized spacial score (nSPS) is 11.3. The van der Waals surface area contributed by atoms with Crippen molar-refractivity contribution in [3.05, 3.63) is 12.4 Å². The summed E-state index contributed by atoms with van der Waals surface area (Å²) in [5.74, 6) is 1.02. The van der Waals surface area contributed by atoms with Crippen molar-refractivity contribution in [3.63, 3.8) is 0 Å². The molecular weight excluding hydrogens is 238 g/mol. The second-order valence-corrected chi connectivity index (χ2v) is 3.37. The molecule has 96 valence electrons. The number of urea groups is 1. The first kappa shape index (κ1) is 13.5. The number of carbonyl (C=O) groups is 2. The zero-order valence-electron chi connectivity index (χ0n) is 9.54. The van der Waals surface area contributed by atoms with E-state index in [1.165, 1.54) is 10.9 Å². The minimum atomic E-state index is -1.17. The van der Waals surface area contributed by atoms with Crippen LogP contribution < -0.4 is 10.6 Å². The Balaban J connectivity index is 2.28. The van der Waals surface area contributed by atoms with E-state index in [1.54, 1.807) is 6.20 Å². The fraction of sp³-hybridized carbons (Fsp3) is 0.400. The van der Waals surface area contributed by atoms with Crippen LogP contribution in [0, 0.1) is 12.3 Å². The summed E-state index contributed by atoms with van der Waals surface area (Å²) in [5, 5.41) is 20.8. The van der Waals surface area contributed by atoms with Crippen molar-refractivity contribution < 1.29 is 14.7 Å². The minimum absolute atomic E-state index is 0.0637. The van der Waals surface area contributed by atoms with E-state index in [9.17, 15) is 9.59 Å². The first-order valence-electron chi connectivity index (χ1n) is 5.18. The van der Waals surface area contributed by atoms with Gasteiger partial charge in [0.25, 0.3) is 0 Å². The van der Waals surface area contributed by atoms with Crippen LogP contribution in [0.5, 0.6) is 0 Å². The number of carboxylic acid groups (broad SMARTS) is 1. The third-order valence-corrected chi connectivity index (χ3v) is 2.02. The summed E-state index contributed by atoms with van der Waals surface area (Å²) in [7, 11) is 0. The number of rotatable bonds is 6. The predicted octanol–water partition coefficient (Wildman–Crippen LogP) is -0.946. The monoisotopic (exact) mass is 251 g/mol. The van der Waals surface area contributed by atoms with Gasteiger partial charge in [0.05, 0.1) is 12.7 Å². The molecule has 0 aliphatic rings. The molecule has 18 heavy (non-hydrogen) atoms. The molecule has 0 aliphatic carbocycles. The third kappa shape index (κ3) is 4.52. The number of aliphatic carboxylic acids is 1. The van der Waals surface area contributed by atoms with Gasteiger partial charge >= 0.3 is 12.0 Å². The third-order valence-electron chi connectivity index (χ3n) is 2.02. The number of nitrogens with one attached hydrogen (secondary N) is 2. The van der Waals surface area contributed by atoms with E-state index in [0.717, 1.165) is 0 Å². The van der Waals surface area contributed by atoms with Gasteiger partial charge in [-0.05, 0) is 0 Å². The highest BCUT2D eigenvalue weighted by Gasteiger charge is 2.18. The Morgan fingerprint density at radius 2 is 2.33 bits per heavy atom. The summed E-state index contributed by atoms with van der Waals surface area (Å²) < 4.78 is 1.54. The fourth-order valence-corrected chi connectivity index (χ4v) is 1.16. The van der Waals surface area contributed by atoms with Crippen molar-refractivity contribution in [1.29, 1.82) is 0 Å². The maximum atomic E-state index is 11.4. The molecule has 1 aromatic rings. The Morgan fingerprint density at radius 3 is 2.89 bits per heavy atom. The average molecular weight is 251 g/mol. The molecule has 0 radical (unpaired) electrons. The van der Waals surface area contributed by atoms with E-state index in [4.69, 9.17) is 11.5 Å². The lowest BCUT2D eigenvalue weighted by Crippen LogP contribution is -2.46. The number of hydrogen-bond acceptors (Lipinski definition) is 4. The van der Waals surface area contributed by atoms with Crippen LogP contribution in [0.15, 0.2) is 12.4 Å². The van der Waals surface area contributed by atoms with E-state index in [1.807, 2.05) is 0 Å². The lowest BCUT2D eigenvalue weighted by Gasteiger charge is -2.12.